The maximum Gasteiger partial charge on any atom is 0.315 e. The van der Waals surface area contributed by atoms with Gasteiger partial charge in [-0.1, -0.05) is 54.6 Å². The molecule has 40 heavy (non-hydrogen) atoms. The predicted molar refractivity (Wildman–Crippen MR) is 150 cm³/mol. The van der Waals surface area contributed by atoms with Crippen molar-refractivity contribution in [1.82, 2.24) is 0 Å². The summed E-state index contributed by atoms with van der Waals surface area (Å²) in [4.78, 5) is 32.1. The number of ketones is 1. The van der Waals surface area contributed by atoms with Gasteiger partial charge in [0.05, 0.1) is 20.8 Å². The van der Waals surface area contributed by atoms with Gasteiger partial charge in [-0.25, -0.2) is 4.39 Å². The summed E-state index contributed by atoms with van der Waals surface area (Å²) < 4.78 is 31.8. The fourth-order valence-corrected chi connectivity index (χ4v) is 5.77. The van der Waals surface area contributed by atoms with Gasteiger partial charge in [-0.05, 0) is 54.2 Å². The van der Waals surface area contributed by atoms with Crippen LogP contribution in [-0.4, -0.2) is 38.3 Å². The zero-order chi connectivity index (χ0) is 28.2. The number of methoxy groups -OCH3 is 2. The van der Waals surface area contributed by atoms with Crippen molar-refractivity contribution in [3.8, 4) is 11.5 Å². The molecule has 2 aliphatic rings. The van der Waals surface area contributed by atoms with Gasteiger partial charge < -0.3 is 14.2 Å². The topological polar surface area (TPSA) is 74.2 Å². The number of nitrogens with zero attached hydrogens (tertiary/aromatic N) is 1. The van der Waals surface area contributed by atoms with E-state index in [-0.39, 0.29) is 24.7 Å². The first-order valence-electron chi connectivity index (χ1n) is 13.4. The molecule has 0 amide bonds. The Bertz CT molecular complexity index is 1480. The minimum atomic E-state index is -0.895. The minimum absolute atomic E-state index is 0.141. The number of halogens is 1. The second-order valence-electron chi connectivity index (χ2n) is 10.1. The van der Waals surface area contributed by atoms with Crippen LogP contribution in [0.2, 0.25) is 0 Å². The van der Waals surface area contributed by atoms with Gasteiger partial charge in [0.25, 0.3) is 0 Å². The van der Waals surface area contributed by atoms with Crippen LogP contribution in [0.3, 0.4) is 0 Å². The van der Waals surface area contributed by atoms with E-state index in [1.165, 1.54) is 6.07 Å². The van der Waals surface area contributed by atoms with Gasteiger partial charge in [0, 0.05) is 35.7 Å². The van der Waals surface area contributed by atoms with Gasteiger partial charge in [-0.15, -0.1) is 0 Å². The molecule has 1 heterocycles. The number of carbonyl (C=O) groups excluding carboxylic acids is 2. The van der Waals surface area contributed by atoms with Gasteiger partial charge in [0.15, 0.2) is 17.3 Å². The fourth-order valence-electron chi connectivity index (χ4n) is 5.77. The highest BCUT2D eigenvalue weighted by atomic mass is 19.1. The number of hydrogen-bond acceptors (Lipinski definition) is 6. The van der Waals surface area contributed by atoms with E-state index < -0.39 is 23.6 Å². The molecule has 1 unspecified atom stereocenters. The molecule has 0 spiro atoms. The van der Waals surface area contributed by atoms with Gasteiger partial charge in [-0.2, -0.15) is 0 Å². The standard InChI is InChI=1S/C33H32FNO5/c1-20-30(33(37)40-16-15-21-9-5-4-6-10-21)31(24-11-7-8-12-25(24)34)32-26(35-20)17-23(18-27(32)36)22-13-14-28(38-2)29(19-22)39-3/h4-14,19,23,30-31H,15-18H2,1-3H3/t23-,30?,31-/m1/s1. The van der Waals surface area contributed by atoms with E-state index in [0.29, 0.717) is 46.9 Å². The Morgan fingerprint density at radius 3 is 2.40 bits per heavy atom. The van der Waals surface area contributed by atoms with E-state index >= 15 is 4.39 Å². The Morgan fingerprint density at radius 2 is 1.68 bits per heavy atom. The molecule has 0 bridgehead atoms. The summed E-state index contributed by atoms with van der Waals surface area (Å²) in [6.07, 6.45) is 1.25. The number of ether oxygens (including phenoxy) is 3. The van der Waals surface area contributed by atoms with E-state index in [9.17, 15) is 9.59 Å². The SMILES string of the molecule is COc1ccc([C@H]2CC(=O)C3=C(C2)N=C(C)C(C(=O)OCCc2ccccc2)[C@H]3c2ccccc2F)cc1OC. The zero-order valence-corrected chi connectivity index (χ0v) is 22.9. The van der Waals surface area contributed by atoms with Crippen LogP contribution in [0.5, 0.6) is 11.5 Å². The Balaban J connectivity index is 1.47. The van der Waals surface area contributed by atoms with Crippen molar-refractivity contribution >= 4 is 17.5 Å². The van der Waals surface area contributed by atoms with E-state index in [0.717, 1.165) is 11.1 Å². The lowest BCUT2D eigenvalue weighted by Crippen LogP contribution is -2.38. The molecule has 206 valence electrons. The van der Waals surface area contributed by atoms with Crippen molar-refractivity contribution in [3.05, 3.63) is 107 Å². The van der Waals surface area contributed by atoms with Gasteiger partial charge >= 0.3 is 5.97 Å². The summed E-state index contributed by atoms with van der Waals surface area (Å²) >= 11 is 0. The maximum atomic E-state index is 15.2. The molecule has 1 aliphatic heterocycles. The third-order valence-electron chi connectivity index (χ3n) is 7.74. The van der Waals surface area contributed by atoms with Crippen LogP contribution in [-0.2, 0) is 20.7 Å². The number of rotatable bonds is 8. The predicted octanol–water partition coefficient (Wildman–Crippen LogP) is 6.20. The quantitative estimate of drug-likeness (QED) is 0.317. The molecule has 0 aromatic heterocycles. The molecular formula is C33H32FNO5. The second-order valence-corrected chi connectivity index (χ2v) is 10.1. The zero-order valence-electron chi connectivity index (χ0n) is 22.9. The lowest BCUT2D eigenvalue weighted by Gasteiger charge is -2.36. The molecule has 3 aromatic carbocycles. The molecule has 5 rings (SSSR count). The van der Waals surface area contributed by atoms with E-state index in [1.807, 2.05) is 48.5 Å². The number of hydrogen-bond donors (Lipinski definition) is 0. The van der Waals surface area contributed by atoms with Crippen molar-refractivity contribution < 1.29 is 28.2 Å². The maximum absolute atomic E-state index is 15.2. The fraction of sp³-hybridized carbons (Fsp3) is 0.303. The first-order valence-corrected chi connectivity index (χ1v) is 13.4. The number of allylic oxidation sites excluding steroid dienone is 2. The van der Waals surface area contributed by atoms with E-state index in [4.69, 9.17) is 19.2 Å². The Hall–Kier alpha value is -4.26. The number of aliphatic imine (C=N–C) groups is 1. The van der Waals surface area contributed by atoms with Crippen LogP contribution in [0.25, 0.3) is 0 Å². The number of carbonyl (C=O) groups is 2. The summed E-state index contributed by atoms with van der Waals surface area (Å²) in [5.74, 6) is -1.78. The number of benzene rings is 3. The third kappa shape index (κ3) is 5.41. The Morgan fingerprint density at radius 1 is 0.950 bits per heavy atom. The third-order valence-corrected chi connectivity index (χ3v) is 7.74. The molecule has 0 saturated heterocycles. The second kappa shape index (κ2) is 11.9. The van der Waals surface area contributed by atoms with E-state index in [1.54, 1.807) is 39.3 Å². The average molecular weight is 542 g/mol. The highest BCUT2D eigenvalue weighted by Gasteiger charge is 2.45. The van der Waals surface area contributed by atoms with Crippen LogP contribution >= 0.6 is 0 Å². The number of Topliss-reactive ketones (excluding diaryl/α,β-unsaturated/α-hetero) is 1. The summed E-state index contributed by atoms with van der Waals surface area (Å²) in [5, 5.41) is 0. The highest BCUT2D eigenvalue weighted by molar-refractivity contribution is 6.09. The van der Waals surface area contributed by atoms with Crippen molar-refractivity contribution in [2.75, 3.05) is 20.8 Å². The monoisotopic (exact) mass is 541 g/mol. The lowest BCUT2D eigenvalue weighted by molar-refractivity contribution is -0.146. The van der Waals surface area contributed by atoms with Crippen LogP contribution < -0.4 is 9.47 Å². The molecular weight excluding hydrogens is 509 g/mol. The number of esters is 1. The Labute approximate surface area is 233 Å². The van der Waals surface area contributed by atoms with Crippen LogP contribution in [0.1, 0.15) is 48.3 Å². The average Bonchev–Trinajstić information content (AvgIpc) is 2.96. The Kier molecular flexibility index (Phi) is 8.10. The van der Waals surface area contributed by atoms with Crippen LogP contribution in [0, 0.1) is 11.7 Å². The summed E-state index contributed by atoms with van der Waals surface area (Å²) in [5.41, 5.74) is 3.77. The van der Waals surface area contributed by atoms with Gasteiger partial charge in [0.1, 0.15) is 11.7 Å². The molecule has 1 aliphatic carbocycles. The molecule has 3 aromatic rings. The molecule has 7 heteroatoms. The molecule has 3 atom stereocenters. The highest BCUT2D eigenvalue weighted by Crippen LogP contribution is 2.48. The first kappa shape index (κ1) is 27.3. The summed E-state index contributed by atoms with van der Waals surface area (Å²) in [7, 11) is 3.14. The summed E-state index contributed by atoms with van der Waals surface area (Å²) in [6.45, 7) is 1.93. The lowest BCUT2D eigenvalue weighted by atomic mass is 9.69. The van der Waals surface area contributed by atoms with Crippen molar-refractivity contribution in [1.29, 1.82) is 0 Å². The smallest absolute Gasteiger partial charge is 0.315 e. The van der Waals surface area contributed by atoms with Crippen molar-refractivity contribution in [2.24, 2.45) is 10.9 Å². The first-order chi connectivity index (χ1) is 19.4. The largest absolute Gasteiger partial charge is 0.493 e. The minimum Gasteiger partial charge on any atom is -0.493 e. The van der Waals surface area contributed by atoms with Crippen molar-refractivity contribution in [3.63, 3.8) is 0 Å². The summed E-state index contributed by atoms with van der Waals surface area (Å²) in [6, 6.07) is 21.7. The van der Waals surface area contributed by atoms with Crippen LogP contribution in [0.15, 0.2) is 89.1 Å². The van der Waals surface area contributed by atoms with Crippen LogP contribution in [0.4, 0.5) is 4.39 Å². The van der Waals surface area contributed by atoms with Gasteiger partial charge in [-0.3, -0.25) is 14.6 Å². The molecule has 6 nitrogen and oxygen atoms in total. The molecule has 0 saturated carbocycles. The molecule has 0 fully saturated rings. The normalized spacial score (nSPS) is 20.4. The molecule has 0 radical (unpaired) electrons. The van der Waals surface area contributed by atoms with Gasteiger partial charge in [0.2, 0.25) is 0 Å². The van der Waals surface area contributed by atoms with Crippen molar-refractivity contribution in [2.45, 2.75) is 38.0 Å². The van der Waals surface area contributed by atoms with E-state index in [2.05, 4.69) is 0 Å². The molecule has 0 N–H and O–H groups in total.